The Bertz CT molecular complexity index is 1010. The van der Waals surface area contributed by atoms with Crippen LogP contribution in [0.5, 0.6) is 11.5 Å². The summed E-state index contributed by atoms with van der Waals surface area (Å²) in [4.78, 5) is 12.9. The molecule has 0 spiro atoms. The summed E-state index contributed by atoms with van der Waals surface area (Å²) in [6.07, 6.45) is 2.70. The molecule has 2 aromatic rings. The number of amides is 2. The number of nitrogens with zero attached hydrogens (tertiary/aromatic N) is 2. The van der Waals surface area contributed by atoms with Gasteiger partial charge in [-0.25, -0.2) is 9.80 Å². The van der Waals surface area contributed by atoms with Crippen molar-refractivity contribution >= 4 is 17.4 Å². The molecule has 2 aromatic carbocycles. The summed E-state index contributed by atoms with van der Waals surface area (Å²) in [5.74, 6) is 1.28. The molecule has 2 aliphatic rings. The molecule has 7 heteroatoms. The van der Waals surface area contributed by atoms with E-state index in [1.807, 2.05) is 44.2 Å². The van der Waals surface area contributed by atoms with Crippen LogP contribution >= 0.6 is 0 Å². The molecule has 0 aromatic heterocycles. The first-order chi connectivity index (χ1) is 14.4. The summed E-state index contributed by atoms with van der Waals surface area (Å²) in [5, 5.41) is 9.48. The number of hydrogen-bond acceptors (Lipinski definition) is 5. The first-order valence-corrected chi connectivity index (χ1v) is 10.2. The van der Waals surface area contributed by atoms with E-state index in [1.54, 1.807) is 19.2 Å². The zero-order chi connectivity index (χ0) is 21.4. The van der Waals surface area contributed by atoms with Gasteiger partial charge < -0.3 is 20.5 Å². The highest BCUT2D eigenvalue weighted by Crippen LogP contribution is 2.35. The maximum absolute atomic E-state index is 12.9. The minimum atomic E-state index is -0.165. The number of anilines is 1. The number of hydrazone groups is 1. The molecule has 4 rings (SSSR count). The third kappa shape index (κ3) is 3.79. The number of nitrogens with one attached hydrogen (secondary N) is 1. The summed E-state index contributed by atoms with van der Waals surface area (Å²) in [6.45, 7) is 3.97. The van der Waals surface area contributed by atoms with Crippen LogP contribution < -0.4 is 20.5 Å². The fraction of sp³-hybridized carbons (Fsp3) is 0.391. The quantitative estimate of drug-likeness (QED) is 0.758. The van der Waals surface area contributed by atoms with Gasteiger partial charge in [-0.2, -0.15) is 5.10 Å². The van der Waals surface area contributed by atoms with E-state index in [1.165, 1.54) is 0 Å². The highest BCUT2D eigenvalue weighted by molar-refractivity contribution is 6.14. The minimum absolute atomic E-state index is 0.118. The number of rotatable bonds is 4. The molecule has 158 valence electrons. The molecule has 30 heavy (non-hydrogen) atoms. The van der Waals surface area contributed by atoms with Crippen molar-refractivity contribution in [2.24, 2.45) is 5.10 Å². The van der Waals surface area contributed by atoms with E-state index < -0.39 is 0 Å². The molecule has 3 N–H and O–H groups in total. The largest absolute Gasteiger partial charge is 0.493 e. The van der Waals surface area contributed by atoms with Crippen molar-refractivity contribution in [3.63, 3.8) is 0 Å². The van der Waals surface area contributed by atoms with Crippen molar-refractivity contribution in [3.05, 3.63) is 52.6 Å². The van der Waals surface area contributed by atoms with Gasteiger partial charge in [0.1, 0.15) is 0 Å². The second kappa shape index (κ2) is 7.89. The number of fused-ring (bicyclic) bond motifs is 1. The number of aryl methyl sites for hydroxylation is 1. The average Bonchev–Trinajstić information content (AvgIpc) is 3.55. The van der Waals surface area contributed by atoms with Crippen LogP contribution in [0.25, 0.3) is 0 Å². The van der Waals surface area contributed by atoms with E-state index in [-0.39, 0.29) is 18.1 Å². The fourth-order valence-electron chi connectivity index (χ4n) is 3.73. The van der Waals surface area contributed by atoms with Gasteiger partial charge in [-0.3, -0.25) is 0 Å². The summed E-state index contributed by atoms with van der Waals surface area (Å²) in [5.41, 5.74) is 11.3. The monoisotopic (exact) mass is 408 g/mol. The number of carbonyl (C=O) groups excluding carboxylic acids is 1. The second-order valence-electron chi connectivity index (χ2n) is 8.01. The van der Waals surface area contributed by atoms with Crippen LogP contribution in [0.3, 0.4) is 0 Å². The zero-order valence-corrected chi connectivity index (χ0v) is 17.9. The van der Waals surface area contributed by atoms with Gasteiger partial charge in [0.05, 0.1) is 26.0 Å². The summed E-state index contributed by atoms with van der Waals surface area (Å²) in [6, 6.07) is 9.70. The van der Waals surface area contributed by atoms with E-state index in [4.69, 9.17) is 20.3 Å². The third-order valence-electron chi connectivity index (χ3n) is 5.66. The Morgan fingerprint density at radius 3 is 2.50 bits per heavy atom. The zero-order valence-electron chi connectivity index (χ0n) is 17.9. The molecule has 7 nitrogen and oxygen atoms in total. The van der Waals surface area contributed by atoms with Crippen LogP contribution in [0.4, 0.5) is 10.5 Å². The van der Waals surface area contributed by atoms with E-state index in [9.17, 15) is 4.79 Å². The van der Waals surface area contributed by atoms with Crippen LogP contribution in [0.15, 0.2) is 35.4 Å². The Kier molecular flexibility index (Phi) is 5.28. The van der Waals surface area contributed by atoms with Crippen LogP contribution in [-0.2, 0) is 6.42 Å². The van der Waals surface area contributed by atoms with Crippen LogP contribution in [0.2, 0.25) is 0 Å². The lowest BCUT2D eigenvalue weighted by Gasteiger charge is -2.23. The average molecular weight is 409 g/mol. The lowest BCUT2D eigenvalue weighted by atomic mass is 9.93. The SMILES string of the molecule is COc1cc2c(cc1OC)C(c1ccc(N)c(C)c1)=NN(C(=O)NC1CC1)[C@H](C)C2. The molecule has 0 saturated heterocycles. The number of nitrogen functional groups attached to an aromatic ring is 1. The predicted octanol–water partition coefficient (Wildman–Crippen LogP) is 3.47. The molecular weight excluding hydrogens is 380 g/mol. The molecule has 2 amide bonds. The topological polar surface area (TPSA) is 89.2 Å². The molecule has 1 saturated carbocycles. The molecular formula is C23H28N4O3. The van der Waals surface area contributed by atoms with E-state index in [0.29, 0.717) is 23.6 Å². The predicted molar refractivity (Wildman–Crippen MR) is 117 cm³/mol. The van der Waals surface area contributed by atoms with Crippen LogP contribution in [0, 0.1) is 6.92 Å². The molecule has 0 unspecified atom stereocenters. The van der Waals surface area contributed by atoms with Gasteiger partial charge >= 0.3 is 6.03 Å². The van der Waals surface area contributed by atoms with Crippen molar-refractivity contribution in [3.8, 4) is 11.5 Å². The highest BCUT2D eigenvalue weighted by atomic mass is 16.5. The van der Waals surface area contributed by atoms with Crippen molar-refractivity contribution in [2.75, 3.05) is 20.0 Å². The number of urea groups is 1. The maximum atomic E-state index is 12.9. The Morgan fingerprint density at radius 1 is 1.17 bits per heavy atom. The Morgan fingerprint density at radius 2 is 1.87 bits per heavy atom. The van der Waals surface area contributed by atoms with Crippen molar-refractivity contribution in [1.82, 2.24) is 10.3 Å². The number of methoxy groups -OCH3 is 2. The summed E-state index contributed by atoms with van der Waals surface area (Å²) < 4.78 is 11.1. The van der Waals surface area contributed by atoms with E-state index >= 15 is 0 Å². The maximum Gasteiger partial charge on any atom is 0.338 e. The van der Waals surface area contributed by atoms with Crippen molar-refractivity contribution in [1.29, 1.82) is 0 Å². The second-order valence-corrected chi connectivity index (χ2v) is 8.01. The molecule has 0 radical (unpaired) electrons. The molecule has 1 atom stereocenters. The first-order valence-electron chi connectivity index (χ1n) is 10.2. The molecule has 1 fully saturated rings. The van der Waals surface area contributed by atoms with Gasteiger partial charge in [0, 0.05) is 22.9 Å². The number of nitrogens with two attached hydrogens (primary N) is 1. The van der Waals surface area contributed by atoms with E-state index in [2.05, 4.69) is 5.32 Å². The van der Waals surface area contributed by atoms with Crippen LogP contribution in [-0.4, -0.2) is 43.1 Å². The molecule has 1 aliphatic carbocycles. The van der Waals surface area contributed by atoms with Crippen LogP contribution in [0.1, 0.15) is 42.0 Å². The fourth-order valence-corrected chi connectivity index (χ4v) is 3.73. The smallest absolute Gasteiger partial charge is 0.338 e. The highest BCUT2D eigenvalue weighted by Gasteiger charge is 2.32. The Balaban J connectivity index is 1.87. The van der Waals surface area contributed by atoms with Gasteiger partial charge in [0.25, 0.3) is 0 Å². The number of carbonyl (C=O) groups is 1. The van der Waals surface area contributed by atoms with Gasteiger partial charge in [-0.1, -0.05) is 6.07 Å². The first kappa shape index (κ1) is 20.1. The standard InChI is InChI=1S/C23H28N4O3/c1-13-9-15(5-8-19(13)24)22-18-12-21(30-4)20(29-3)11-16(18)10-14(2)27(26-22)23(28)25-17-6-7-17/h5,8-9,11-12,14,17H,6-7,10,24H2,1-4H3,(H,25,28)/t14-/m1/s1. The molecule has 1 heterocycles. The van der Waals surface area contributed by atoms with Gasteiger partial charge in [0.2, 0.25) is 0 Å². The third-order valence-corrected chi connectivity index (χ3v) is 5.66. The van der Waals surface area contributed by atoms with Gasteiger partial charge in [0.15, 0.2) is 11.5 Å². The number of ether oxygens (including phenoxy) is 2. The lowest BCUT2D eigenvalue weighted by molar-refractivity contribution is 0.182. The summed E-state index contributed by atoms with van der Waals surface area (Å²) >= 11 is 0. The van der Waals surface area contributed by atoms with Crippen molar-refractivity contribution in [2.45, 2.75) is 45.2 Å². The number of benzene rings is 2. The Hall–Kier alpha value is -3.22. The van der Waals surface area contributed by atoms with Crippen molar-refractivity contribution < 1.29 is 14.3 Å². The lowest BCUT2D eigenvalue weighted by Crippen LogP contribution is -2.43. The molecule has 1 aliphatic heterocycles. The van der Waals surface area contributed by atoms with Gasteiger partial charge in [-0.05, 0) is 68.5 Å². The Labute approximate surface area is 176 Å². The molecule has 0 bridgehead atoms. The normalized spacial score (nSPS) is 18.2. The minimum Gasteiger partial charge on any atom is -0.493 e. The van der Waals surface area contributed by atoms with E-state index in [0.717, 1.165) is 40.8 Å². The summed E-state index contributed by atoms with van der Waals surface area (Å²) in [7, 11) is 3.24. The number of hydrogen-bond donors (Lipinski definition) is 2. The van der Waals surface area contributed by atoms with Gasteiger partial charge in [-0.15, -0.1) is 0 Å².